The normalized spacial score (nSPS) is 10.9. The van der Waals surface area contributed by atoms with E-state index in [0.717, 1.165) is 6.16 Å². The largest absolute Gasteiger partial charge is 0.459 e. The molecule has 0 N–H and O–H groups in total. The van der Waals surface area contributed by atoms with Crippen LogP contribution in [0.5, 0.6) is 0 Å². The van der Waals surface area contributed by atoms with Crippen molar-refractivity contribution in [3.63, 3.8) is 0 Å². The summed E-state index contributed by atoms with van der Waals surface area (Å²) in [5, 5.41) is 0. The summed E-state index contributed by atoms with van der Waals surface area (Å²) in [5.41, 5.74) is 0. The Bertz CT molecular complexity index is 164. The molecule has 0 amide bonds. The van der Waals surface area contributed by atoms with Crippen molar-refractivity contribution in [2.75, 3.05) is 32.3 Å². The van der Waals surface area contributed by atoms with Gasteiger partial charge in [-0.05, 0) is 6.92 Å². The van der Waals surface area contributed by atoms with Gasteiger partial charge in [0.1, 0.15) is 6.61 Å². The molecule has 0 heterocycles. The molecule has 0 aliphatic rings. The molecule has 70 valence electrons. The van der Waals surface area contributed by atoms with Gasteiger partial charge in [0.15, 0.2) is 0 Å². The van der Waals surface area contributed by atoms with E-state index in [-0.39, 0.29) is 5.97 Å². The maximum absolute atomic E-state index is 10.7. The Hall–Kier alpha value is -0.360. The number of carbonyl (C=O) groups excluding carboxylic acids is 1. The lowest BCUT2D eigenvalue weighted by molar-refractivity contribution is -0.137. The molecule has 0 aromatic heterocycles. The van der Waals surface area contributed by atoms with Crippen LogP contribution in [-0.4, -0.2) is 38.2 Å². The number of hydrogen-bond donors (Lipinski definition) is 0. The zero-order chi connectivity index (χ0) is 9.61. The molecule has 3 heteroatoms. The molecule has 0 fully saturated rings. The third-order valence-corrected chi connectivity index (χ3v) is 5.07. The van der Waals surface area contributed by atoms with Crippen LogP contribution in [0.15, 0.2) is 12.7 Å². The van der Waals surface area contributed by atoms with E-state index in [0.29, 0.717) is 6.61 Å². The standard InChI is InChI=1S/C9H18O2P/c1-5-9(10)11-7-8-12(3,4)6-2/h5H,1,6-8H2,2-4H3/q+1. The van der Waals surface area contributed by atoms with Crippen LogP contribution in [0.4, 0.5) is 0 Å². The minimum Gasteiger partial charge on any atom is -0.459 e. The van der Waals surface area contributed by atoms with Crippen LogP contribution in [0.3, 0.4) is 0 Å². The van der Waals surface area contributed by atoms with Gasteiger partial charge in [-0.15, -0.1) is 0 Å². The first-order chi connectivity index (χ1) is 5.52. The first-order valence-corrected chi connectivity index (χ1v) is 7.18. The lowest BCUT2D eigenvalue weighted by Gasteiger charge is -2.14. The van der Waals surface area contributed by atoms with Gasteiger partial charge in [-0.1, -0.05) is 6.58 Å². The van der Waals surface area contributed by atoms with E-state index in [4.69, 9.17) is 4.74 Å². The highest BCUT2D eigenvalue weighted by molar-refractivity contribution is 7.74. The number of carbonyl (C=O) groups is 1. The van der Waals surface area contributed by atoms with Gasteiger partial charge < -0.3 is 4.74 Å². The van der Waals surface area contributed by atoms with Crippen LogP contribution in [0, 0.1) is 0 Å². The maximum Gasteiger partial charge on any atom is 0.330 e. The molecule has 0 saturated heterocycles. The fourth-order valence-electron chi connectivity index (χ4n) is 0.610. The number of rotatable bonds is 5. The Morgan fingerprint density at radius 1 is 1.58 bits per heavy atom. The summed E-state index contributed by atoms with van der Waals surface area (Å²) in [6.07, 6.45) is 3.43. The quantitative estimate of drug-likeness (QED) is 0.375. The highest BCUT2D eigenvalue weighted by atomic mass is 31.2. The van der Waals surface area contributed by atoms with Crippen LogP contribution in [-0.2, 0) is 9.53 Å². The summed E-state index contributed by atoms with van der Waals surface area (Å²) in [5.74, 6) is -0.314. The van der Waals surface area contributed by atoms with Gasteiger partial charge in [0.2, 0.25) is 0 Å². The van der Waals surface area contributed by atoms with E-state index in [1.54, 1.807) is 0 Å². The monoisotopic (exact) mass is 189 g/mol. The van der Waals surface area contributed by atoms with Gasteiger partial charge in [0.05, 0.1) is 12.3 Å². The predicted molar refractivity (Wildman–Crippen MR) is 55.3 cm³/mol. The molecule has 0 bridgehead atoms. The smallest absolute Gasteiger partial charge is 0.330 e. The fraction of sp³-hybridized carbons (Fsp3) is 0.667. The van der Waals surface area contributed by atoms with Gasteiger partial charge in [-0.2, -0.15) is 0 Å². The SMILES string of the molecule is C=CC(=O)OCC[P+](C)(C)CC. The minimum atomic E-state index is -0.802. The van der Waals surface area contributed by atoms with Crippen LogP contribution in [0.2, 0.25) is 0 Å². The molecular formula is C9H18O2P+. The summed E-state index contributed by atoms with van der Waals surface area (Å²) in [6.45, 7) is 10.6. The van der Waals surface area contributed by atoms with Gasteiger partial charge >= 0.3 is 5.97 Å². The van der Waals surface area contributed by atoms with Gasteiger partial charge in [-0.3, -0.25) is 0 Å². The average Bonchev–Trinajstić information content (AvgIpc) is 2.04. The zero-order valence-electron chi connectivity index (χ0n) is 8.17. The van der Waals surface area contributed by atoms with E-state index in [1.165, 1.54) is 12.2 Å². The Kier molecular flexibility index (Phi) is 5.16. The molecule has 0 aromatic carbocycles. The second-order valence-electron chi connectivity index (χ2n) is 3.35. The van der Waals surface area contributed by atoms with Gasteiger partial charge in [-0.25, -0.2) is 4.79 Å². The molecular weight excluding hydrogens is 171 g/mol. The number of hydrogen-bond acceptors (Lipinski definition) is 2. The molecule has 0 aromatic rings. The molecule has 12 heavy (non-hydrogen) atoms. The molecule has 0 unspecified atom stereocenters. The highest BCUT2D eigenvalue weighted by Gasteiger charge is 2.21. The first kappa shape index (κ1) is 11.6. The summed E-state index contributed by atoms with van der Waals surface area (Å²) in [4.78, 5) is 10.7. The summed E-state index contributed by atoms with van der Waals surface area (Å²) < 4.78 is 4.90. The zero-order valence-corrected chi connectivity index (χ0v) is 9.06. The highest BCUT2D eigenvalue weighted by Crippen LogP contribution is 2.49. The topological polar surface area (TPSA) is 26.3 Å². The summed E-state index contributed by atoms with van der Waals surface area (Å²) in [7, 11) is -0.802. The van der Waals surface area contributed by atoms with Gasteiger partial charge in [0.25, 0.3) is 0 Å². The van der Waals surface area contributed by atoms with Crippen molar-refractivity contribution in [2.45, 2.75) is 6.92 Å². The van der Waals surface area contributed by atoms with E-state index < -0.39 is 7.26 Å². The second kappa shape index (κ2) is 5.31. The molecule has 0 atom stereocenters. The van der Waals surface area contributed by atoms with E-state index >= 15 is 0 Å². The van der Waals surface area contributed by atoms with Crippen LogP contribution in [0.25, 0.3) is 0 Å². The Morgan fingerprint density at radius 2 is 2.17 bits per heavy atom. The number of ether oxygens (including phenoxy) is 1. The lowest BCUT2D eigenvalue weighted by atomic mass is 10.6. The van der Waals surface area contributed by atoms with Gasteiger partial charge in [0, 0.05) is 26.7 Å². The molecule has 0 saturated carbocycles. The third kappa shape index (κ3) is 5.31. The fourth-order valence-corrected chi connectivity index (χ4v) is 1.51. The third-order valence-electron chi connectivity index (χ3n) is 1.96. The van der Waals surface area contributed by atoms with Crippen LogP contribution < -0.4 is 0 Å². The van der Waals surface area contributed by atoms with Crippen molar-refractivity contribution in [2.24, 2.45) is 0 Å². The molecule has 0 spiro atoms. The number of esters is 1. The average molecular weight is 189 g/mol. The molecule has 0 aliphatic heterocycles. The van der Waals surface area contributed by atoms with Crippen molar-refractivity contribution in [3.8, 4) is 0 Å². The molecule has 2 nitrogen and oxygen atoms in total. The van der Waals surface area contributed by atoms with E-state index in [1.807, 2.05) is 0 Å². The molecule has 0 aliphatic carbocycles. The second-order valence-corrected chi connectivity index (χ2v) is 8.30. The van der Waals surface area contributed by atoms with E-state index in [9.17, 15) is 4.79 Å². The minimum absolute atomic E-state index is 0.314. The van der Waals surface area contributed by atoms with Crippen molar-refractivity contribution in [1.82, 2.24) is 0 Å². The van der Waals surface area contributed by atoms with Crippen LogP contribution in [0.1, 0.15) is 6.92 Å². The van der Waals surface area contributed by atoms with Crippen molar-refractivity contribution in [3.05, 3.63) is 12.7 Å². The Balaban J connectivity index is 3.56. The molecule has 0 rings (SSSR count). The van der Waals surface area contributed by atoms with E-state index in [2.05, 4.69) is 26.8 Å². The van der Waals surface area contributed by atoms with Crippen molar-refractivity contribution < 1.29 is 9.53 Å². The Labute approximate surface area is 75.3 Å². The summed E-state index contributed by atoms with van der Waals surface area (Å²) in [6, 6.07) is 0. The lowest BCUT2D eigenvalue weighted by Crippen LogP contribution is -2.09. The Morgan fingerprint density at radius 3 is 2.58 bits per heavy atom. The van der Waals surface area contributed by atoms with Crippen molar-refractivity contribution >= 4 is 13.2 Å². The first-order valence-electron chi connectivity index (χ1n) is 4.13. The summed E-state index contributed by atoms with van der Waals surface area (Å²) >= 11 is 0. The maximum atomic E-state index is 10.7. The predicted octanol–water partition coefficient (Wildman–Crippen LogP) is 2.01. The van der Waals surface area contributed by atoms with Crippen LogP contribution >= 0.6 is 7.26 Å². The molecule has 0 radical (unpaired) electrons. The van der Waals surface area contributed by atoms with Crippen molar-refractivity contribution in [1.29, 1.82) is 0 Å².